The molecule has 0 saturated heterocycles. The van der Waals surface area contributed by atoms with Gasteiger partial charge < -0.3 is 0 Å². The van der Waals surface area contributed by atoms with Crippen molar-refractivity contribution in [1.29, 1.82) is 0 Å². The van der Waals surface area contributed by atoms with Crippen molar-refractivity contribution in [2.75, 3.05) is 0 Å². The number of nitrogens with one attached hydrogen (secondary N) is 1. The third-order valence-electron chi connectivity index (χ3n) is 2.79. The number of fused-ring (bicyclic) bond motifs is 1. The van der Waals surface area contributed by atoms with Crippen molar-refractivity contribution in [3.05, 3.63) is 29.5 Å². The molecule has 0 amide bonds. The standard InChI is InChI=1S/C14H20N2/c1-5-12-11-8-10(9-14(2,3)4)6-7-13(11)16-15-12/h6-8H,5,9H2,1-4H3,(H,15,16). The van der Waals surface area contributed by atoms with Gasteiger partial charge in [0.1, 0.15) is 0 Å². The molecule has 2 aromatic rings. The Morgan fingerprint density at radius 1 is 1.25 bits per heavy atom. The predicted molar refractivity (Wildman–Crippen MR) is 68.6 cm³/mol. The zero-order valence-corrected chi connectivity index (χ0v) is 10.6. The van der Waals surface area contributed by atoms with Crippen molar-refractivity contribution in [2.45, 2.75) is 40.5 Å². The molecule has 2 rings (SSSR count). The molecule has 2 heteroatoms. The quantitative estimate of drug-likeness (QED) is 0.814. The molecule has 0 aliphatic carbocycles. The van der Waals surface area contributed by atoms with Crippen LogP contribution in [0.2, 0.25) is 0 Å². The van der Waals surface area contributed by atoms with Crippen molar-refractivity contribution in [1.82, 2.24) is 10.2 Å². The van der Waals surface area contributed by atoms with Crippen LogP contribution in [0.3, 0.4) is 0 Å². The number of rotatable bonds is 2. The van der Waals surface area contributed by atoms with Crippen molar-refractivity contribution >= 4 is 10.9 Å². The van der Waals surface area contributed by atoms with E-state index in [1.807, 2.05) is 0 Å². The maximum atomic E-state index is 4.30. The molecule has 0 atom stereocenters. The van der Waals surface area contributed by atoms with E-state index in [1.54, 1.807) is 0 Å². The predicted octanol–water partition coefficient (Wildman–Crippen LogP) is 3.71. The molecule has 16 heavy (non-hydrogen) atoms. The van der Waals surface area contributed by atoms with Gasteiger partial charge in [0.2, 0.25) is 0 Å². The molecule has 0 bridgehead atoms. The molecule has 0 fully saturated rings. The first-order valence-electron chi connectivity index (χ1n) is 5.95. The Morgan fingerprint density at radius 3 is 2.62 bits per heavy atom. The Hall–Kier alpha value is -1.31. The van der Waals surface area contributed by atoms with Gasteiger partial charge in [0.05, 0.1) is 5.52 Å². The van der Waals surface area contributed by atoms with E-state index in [0.29, 0.717) is 5.41 Å². The first-order chi connectivity index (χ1) is 7.49. The normalized spacial score (nSPS) is 12.2. The lowest BCUT2D eigenvalue weighted by Crippen LogP contribution is -2.08. The van der Waals surface area contributed by atoms with Crippen LogP contribution in [0, 0.1) is 5.41 Å². The van der Waals surface area contributed by atoms with Gasteiger partial charge in [-0.25, -0.2) is 0 Å². The van der Waals surface area contributed by atoms with Crippen LogP contribution < -0.4 is 0 Å². The van der Waals surface area contributed by atoms with E-state index >= 15 is 0 Å². The number of hydrogen-bond donors (Lipinski definition) is 1. The lowest BCUT2D eigenvalue weighted by atomic mass is 9.88. The molecule has 0 aliphatic rings. The minimum Gasteiger partial charge on any atom is -0.281 e. The molecule has 1 heterocycles. The highest BCUT2D eigenvalue weighted by Crippen LogP contribution is 2.24. The van der Waals surface area contributed by atoms with Gasteiger partial charge in [0, 0.05) is 11.1 Å². The molecule has 2 nitrogen and oxygen atoms in total. The summed E-state index contributed by atoms with van der Waals surface area (Å²) in [6.07, 6.45) is 2.12. The van der Waals surface area contributed by atoms with Crippen LogP contribution in [-0.2, 0) is 12.8 Å². The summed E-state index contributed by atoms with van der Waals surface area (Å²) in [5.74, 6) is 0. The summed E-state index contributed by atoms with van der Waals surface area (Å²) in [6, 6.07) is 6.59. The zero-order valence-electron chi connectivity index (χ0n) is 10.6. The molecule has 0 aliphatic heterocycles. The second-order valence-corrected chi connectivity index (χ2v) is 5.64. The van der Waals surface area contributed by atoms with Gasteiger partial charge in [-0.3, -0.25) is 5.10 Å². The van der Waals surface area contributed by atoms with Crippen LogP contribution in [-0.4, -0.2) is 10.2 Å². The zero-order chi connectivity index (χ0) is 11.8. The third-order valence-corrected chi connectivity index (χ3v) is 2.79. The highest BCUT2D eigenvalue weighted by Gasteiger charge is 2.12. The number of H-pyrrole nitrogens is 1. The van der Waals surface area contributed by atoms with Crippen LogP contribution in [0.5, 0.6) is 0 Å². The average molecular weight is 216 g/mol. The lowest BCUT2D eigenvalue weighted by molar-refractivity contribution is 0.411. The molecular weight excluding hydrogens is 196 g/mol. The Morgan fingerprint density at radius 2 is 2.00 bits per heavy atom. The average Bonchev–Trinajstić information content (AvgIpc) is 2.57. The molecule has 0 spiro atoms. The van der Waals surface area contributed by atoms with E-state index in [2.05, 4.69) is 56.1 Å². The van der Waals surface area contributed by atoms with Gasteiger partial charge in [0.25, 0.3) is 0 Å². The highest BCUT2D eigenvalue weighted by molar-refractivity contribution is 5.82. The Bertz CT molecular complexity index is 489. The second kappa shape index (κ2) is 3.93. The fourth-order valence-electron chi connectivity index (χ4n) is 2.10. The van der Waals surface area contributed by atoms with Crippen LogP contribution in [0.4, 0.5) is 0 Å². The van der Waals surface area contributed by atoms with Gasteiger partial charge in [-0.1, -0.05) is 33.8 Å². The molecule has 1 aromatic carbocycles. The molecule has 86 valence electrons. The van der Waals surface area contributed by atoms with Crippen molar-refractivity contribution in [3.8, 4) is 0 Å². The fourth-order valence-corrected chi connectivity index (χ4v) is 2.10. The largest absolute Gasteiger partial charge is 0.281 e. The second-order valence-electron chi connectivity index (χ2n) is 5.64. The smallest absolute Gasteiger partial charge is 0.0923 e. The van der Waals surface area contributed by atoms with Crippen molar-refractivity contribution in [3.63, 3.8) is 0 Å². The number of aromatic amines is 1. The van der Waals surface area contributed by atoms with Gasteiger partial charge in [-0.15, -0.1) is 0 Å². The summed E-state index contributed by atoms with van der Waals surface area (Å²) >= 11 is 0. The van der Waals surface area contributed by atoms with Crippen molar-refractivity contribution in [2.24, 2.45) is 5.41 Å². The summed E-state index contributed by atoms with van der Waals surface area (Å²) < 4.78 is 0. The summed E-state index contributed by atoms with van der Waals surface area (Å²) in [5, 5.41) is 8.69. The fraction of sp³-hybridized carbons (Fsp3) is 0.500. The van der Waals surface area contributed by atoms with E-state index in [0.717, 1.165) is 18.4 Å². The van der Waals surface area contributed by atoms with Crippen LogP contribution >= 0.6 is 0 Å². The lowest BCUT2D eigenvalue weighted by Gasteiger charge is -2.18. The third kappa shape index (κ3) is 2.26. The van der Waals surface area contributed by atoms with Gasteiger partial charge >= 0.3 is 0 Å². The molecule has 0 radical (unpaired) electrons. The SMILES string of the molecule is CCc1[nH]nc2ccc(CC(C)(C)C)cc12. The summed E-state index contributed by atoms with van der Waals surface area (Å²) in [6.45, 7) is 8.97. The monoisotopic (exact) mass is 216 g/mol. The molecule has 0 saturated carbocycles. The molecular formula is C14H20N2. The molecule has 1 N–H and O–H groups in total. The van der Waals surface area contributed by atoms with Gasteiger partial charge in [-0.05, 0) is 36.0 Å². The van der Waals surface area contributed by atoms with E-state index in [-0.39, 0.29) is 0 Å². The van der Waals surface area contributed by atoms with E-state index < -0.39 is 0 Å². The van der Waals surface area contributed by atoms with Crippen molar-refractivity contribution < 1.29 is 0 Å². The number of aryl methyl sites for hydroxylation is 1. The number of nitrogens with zero attached hydrogens (tertiary/aromatic N) is 1. The Labute approximate surface area is 97.1 Å². The van der Waals surface area contributed by atoms with Crippen LogP contribution in [0.25, 0.3) is 10.9 Å². The number of hydrogen-bond acceptors (Lipinski definition) is 1. The highest BCUT2D eigenvalue weighted by atomic mass is 15.1. The van der Waals surface area contributed by atoms with E-state index in [1.165, 1.54) is 16.6 Å². The Kier molecular flexibility index (Phi) is 2.75. The minimum absolute atomic E-state index is 0.337. The van der Waals surface area contributed by atoms with E-state index in [4.69, 9.17) is 0 Å². The molecule has 0 unspecified atom stereocenters. The summed E-state index contributed by atoms with van der Waals surface area (Å²) in [4.78, 5) is 0. The number of aromatic nitrogens is 2. The van der Waals surface area contributed by atoms with Gasteiger partial charge in [-0.2, -0.15) is 5.10 Å². The molecule has 1 aromatic heterocycles. The Balaban J connectivity index is 2.42. The first-order valence-corrected chi connectivity index (χ1v) is 5.95. The topological polar surface area (TPSA) is 28.7 Å². The van der Waals surface area contributed by atoms with Gasteiger partial charge in [0.15, 0.2) is 0 Å². The van der Waals surface area contributed by atoms with E-state index in [9.17, 15) is 0 Å². The van der Waals surface area contributed by atoms with Crippen LogP contribution in [0.1, 0.15) is 39.0 Å². The maximum Gasteiger partial charge on any atom is 0.0923 e. The maximum absolute atomic E-state index is 4.30. The summed E-state index contributed by atoms with van der Waals surface area (Å²) in [7, 11) is 0. The minimum atomic E-state index is 0.337. The summed E-state index contributed by atoms with van der Waals surface area (Å²) in [5.41, 5.74) is 4.06. The number of benzene rings is 1. The first kappa shape index (κ1) is 11.2. The van der Waals surface area contributed by atoms with Crippen LogP contribution in [0.15, 0.2) is 18.2 Å².